The molecule has 0 fully saturated rings. The molecular weight excluding hydrogens is 504 g/mol. The first-order chi connectivity index (χ1) is 20.1. The highest BCUT2D eigenvalue weighted by Crippen LogP contribution is 2.12. The first-order valence-corrected chi connectivity index (χ1v) is 17.6. The number of nitrogens with two attached hydrogens (primary N) is 1. The lowest BCUT2D eigenvalue weighted by molar-refractivity contribution is -0.121. The Balaban J connectivity index is 0. The smallest absolute Gasteiger partial charge is 0.219 e. The van der Waals surface area contributed by atoms with Gasteiger partial charge in [0.2, 0.25) is 11.8 Å². The van der Waals surface area contributed by atoms with Crippen molar-refractivity contribution in [3.05, 3.63) is 36.5 Å². The van der Waals surface area contributed by atoms with E-state index in [1.165, 1.54) is 103 Å². The molecule has 0 aliphatic carbocycles. The number of primary amides is 1. The van der Waals surface area contributed by atoms with Crippen molar-refractivity contribution in [2.75, 3.05) is 6.54 Å². The van der Waals surface area contributed by atoms with Gasteiger partial charge in [0.25, 0.3) is 0 Å². The molecule has 0 unspecified atom stereocenters. The Morgan fingerprint density at radius 2 is 0.878 bits per heavy atom. The van der Waals surface area contributed by atoms with Gasteiger partial charge in [-0.25, -0.2) is 0 Å². The van der Waals surface area contributed by atoms with Gasteiger partial charge in [0, 0.05) is 19.4 Å². The Morgan fingerprint density at radius 1 is 0.488 bits per heavy atom. The first kappa shape index (κ1) is 41.3. The van der Waals surface area contributed by atoms with Gasteiger partial charge in [-0.1, -0.05) is 147 Å². The maximum absolute atomic E-state index is 11.6. The standard InChI is InChI=1S/C19H39NO.C18H31NO/c1-3-5-7-8-9-10-11-12-13-14-15-17-19(21)20-18-16-6-4-2;1-2-3-4-5-6-7-8-9-10-11-12-13-14-15-16-17-18(19)20/h3-18H2,1-2H3,(H,20,21);6-7,9-10,12-13H,2-5,8,11,14-17H2,1H3,(H2,19,20)/b;7-6-,10-9-,13-12-. The molecule has 0 spiro atoms. The molecular formula is C37H70N2O2. The number of hydrogen-bond acceptors (Lipinski definition) is 2. The highest BCUT2D eigenvalue weighted by Gasteiger charge is 2.00. The van der Waals surface area contributed by atoms with Crippen molar-refractivity contribution in [1.82, 2.24) is 5.32 Å². The Kier molecular flexibility index (Phi) is 38.4. The number of carbonyl (C=O) groups excluding carboxylic acids is 2. The fourth-order valence-electron chi connectivity index (χ4n) is 4.49. The average molecular weight is 575 g/mol. The molecule has 0 atom stereocenters. The van der Waals surface area contributed by atoms with Gasteiger partial charge in [-0.05, 0) is 57.8 Å². The third kappa shape index (κ3) is 42.8. The molecule has 0 radical (unpaired) electrons. The second-order valence-electron chi connectivity index (χ2n) is 11.4. The quantitative estimate of drug-likeness (QED) is 0.0688. The zero-order valence-corrected chi connectivity index (χ0v) is 27.7. The molecule has 0 saturated carbocycles. The number of nitrogens with one attached hydrogen (secondary N) is 1. The molecule has 0 aliphatic rings. The van der Waals surface area contributed by atoms with Crippen LogP contribution >= 0.6 is 0 Å². The number of hydrogen-bond donors (Lipinski definition) is 2. The summed E-state index contributed by atoms with van der Waals surface area (Å²) in [5.74, 6) is 0.0571. The van der Waals surface area contributed by atoms with Gasteiger partial charge < -0.3 is 11.1 Å². The van der Waals surface area contributed by atoms with Gasteiger partial charge in [-0.15, -0.1) is 0 Å². The molecule has 240 valence electrons. The summed E-state index contributed by atoms with van der Waals surface area (Å²) in [6, 6.07) is 0. The van der Waals surface area contributed by atoms with Crippen molar-refractivity contribution >= 4 is 11.8 Å². The van der Waals surface area contributed by atoms with Crippen LogP contribution in [0.3, 0.4) is 0 Å². The van der Waals surface area contributed by atoms with E-state index in [2.05, 4.69) is 62.5 Å². The van der Waals surface area contributed by atoms with Crippen molar-refractivity contribution in [2.24, 2.45) is 5.73 Å². The predicted octanol–water partition coefficient (Wildman–Crippen LogP) is 11.1. The van der Waals surface area contributed by atoms with E-state index in [9.17, 15) is 9.59 Å². The SMILES string of the molecule is CCCCC/C=C\C/C=C\C/C=C\CCCCC(N)=O.CCCCCCCCCCCCCC(=O)NCCCCC. The summed E-state index contributed by atoms with van der Waals surface area (Å²) in [7, 11) is 0. The van der Waals surface area contributed by atoms with Gasteiger partial charge in [-0.3, -0.25) is 9.59 Å². The number of rotatable bonds is 29. The van der Waals surface area contributed by atoms with Crippen LogP contribution in [0.15, 0.2) is 36.5 Å². The average Bonchev–Trinajstić information content (AvgIpc) is 2.96. The van der Waals surface area contributed by atoms with Crippen LogP contribution in [0.2, 0.25) is 0 Å². The minimum absolute atomic E-state index is 0.195. The van der Waals surface area contributed by atoms with E-state index in [0.717, 1.165) is 57.9 Å². The third-order valence-corrected chi connectivity index (χ3v) is 7.17. The van der Waals surface area contributed by atoms with E-state index in [4.69, 9.17) is 5.73 Å². The molecule has 0 aliphatic heterocycles. The van der Waals surface area contributed by atoms with Crippen LogP contribution in [-0.2, 0) is 9.59 Å². The summed E-state index contributed by atoms with van der Waals surface area (Å²) >= 11 is 0. The van der Waals surface area contributed by atoms with Crippen molar-refractivity contribution < 1.29 is 9.59 Å². The lowest BCUT2D eigenvalue weighted by Crippen LogP contribution is -2.23. The summed E-state index contributed by atoms with van der Waals surface area (Å²) in [4.78, 5) is 22.1. The van der Waals surface area contributed by atoms with Crippen LogP contribution < -0.4 is 11.1 Å². The molecule has 0 heterocycles. The molecule has 0 aromatic rings. The van der Waals surface area contributed by atoms with Crippen LogP contribution in [0.25, 0.3) is 0 Å². The lowest BCUT2D eigenvalue weighted by Gasteiger charge is -2.05. The van der Waals surface area contributed by atoms with Gasteiger partial charge in [0.05, 0.1) is 0 Å². The fourth-order valence-corrected chi connectivity index (χ4v) is 4.49. The summed E-state index contributed by atoms with van der Waals surface area (Å²) < 4.78 is 0. The lowest BCUT2D eigenvalue weighted by atomic mass is 10.1. The van der Waals surface area contributed by atoms with Crippen molar-refractivity contribution in [3.63, 3.8) is 0 Å². The Hall–Kier alpha value is -1.84. The van der Waals surface area contributed by atoms with Gasteiger partial charge in [-0.2, -0.15) is 0 Å². The van der Waals surface area contributed by atoms with Crippen LogP contribution in [-0.4, -0.2) is 18.4 Å². The van der Waals surface area contributed by atoms with Crippen LogP contribution in [0.5, 0.6) is 0 Å². The Morgan fingerprint density at radius 3 is 1.39 bits per heavy atom. The van der Waals surface area contributed by atoms with Gasteiger partial charge in [0.1, 0.15) is 0 Å². The van der Waals surface area contributed by atoms with Crippen molar-refractivity contribution in [3.8, 4) is 0 Å². The number of unbranched alkanes of at least 4 members (excludes halogenated alkanes) is 17. The zero-order valence-electron chi connectivity index (χ0n) is 27.7. The molecule has 4 heteroatoms. The highest BCUT2D eigenvalue weighted by molar-refractivity contribution is 5.75. The van der Waals surface area contributed by atoms with Crippen molar-refractivity contribution in [1.29, 1.82) is 0 Å². The monoisotopic (exact) mass is 575 g/mol. The second kappa shape index (κ2) is 38.2. The van der Waals surface area contributed by atoms with E-state index in [0.29, 0.717) is 6.42 Å². The molecule has 0 aromatic heterocycles. The summed E-state index contributed by atoms with van der Waals surface area (Å²) in [6.07, 6.45) is 43.1. The minimum atomic E-state index is -0.195. The Labute approximate surface area is 256 Å². The van der Waals surface area contributed by atoms with E-state index in [1.807, 2.05) is 0 Å². The van der Waals surface area contributed by atoms with Crippen molar-refractivity contribution in [2.45, 2.75) is 181 Å². The minimum Gasteiger partial charge on any atom is -0.370 e. The van der Waals surface area contributed by atoms with Crippen LogP contribution in [0.4, 0.5) is 0 Å². The fraction of sp³-hybridized carbons (Fsp3) is 0.784. The molecule has 0 saturated heterocycles. The summed E-state index contributed by atoms with van der Waals surface area (Å²) in [6.45, 7) is 7.56. The number of carbonyl (C=O) groups is 2. The van der Waals surface area contributed by atoms with Crippen LogP contribution in [0, 0.1) is 0 Å². The third-order valence-electron chi connectivity index (χ3n) is 7.17. The second-order valence-corrected chi connectivity index (χ2v) is 11.4. The molecule has 41 heavy (non-hydrogen) atoms. The largest absolute Gasteiger partial charge is 0.370 e. The predicted molar refractivity (Wildman–Crippen MR) is 182 cm³/mol. The normalized spacial score (nSPS) is 11.4. The summed E-state index contributed by atoms with van der Waals surface area (Å²) in [5.41, 5.74) is 5.08. The molecule has 2 amide bonds. The topological polar surface area (TPSA) is 72.2 Å². The van der Waals surface area contributed by atoms with Crippen LogP contribution in [0.1, 0.15) is 181 Å². The Bertz CT molecular complexity index is 624. The zero-order chi connectivity index (χ0) is 30.5. The van der Waals surface area contributed by atoms with Gasteiger partial charge in [0.15, 0.2) is 0 Å². The number of amides is 2. The van der Waals surface area contributed by atoms with E-state index in [1.54, 1.807) is 0 Å². The first-order valence-electron chi connectivity index (χ1n) is 17.6. The maximum atomic E-state index is 11.6. The maximum Gasteiger partial charge on any atom is 0.219 e. The molecule has 3 N–H and O–H groups in total. The molecule has 0 aromatic carbocycles. The number of allylic oxidation sites excluding steroid dienone is 6. The van der Waals surface area contributed by atoms with Gasteiger partial charge >= 0.3 is 0 Å². The molecule has 0 rings (SSSR count). The summed E-state index contributed by atoms with van der Waals surface area (Å²) in [5, 5.41) is 3.01. The van der Waals surface area contributed by atoms with E-state index >= 15 is 0 Å². The molecule has 4 nitrogen and oxygen atoms in total. The van der Waals surface area contributed by atoms with E-state index in [-0.39, 0.29) is 11.8 Å². The molecule has 0 bridgehead atoms. The highest BCUT2D eigenvalue weighted by atomic mass is 16.1. The van der Waals surface area contributed by atoms with E-state index < -0.39 is 0 Å².